The average Bonchev–Trinajstić information content (AvgIpc) is 2.25. The standard InChI is InChI=1S/C10H8Cl2N2OS/c1-16-8(5-13)14-10(15)9-6(11)3-2-4-7(9)12/h2-4,8H,1H3,(H,14,15). The van der Waals surface area contributed by atoms with Gasteiger partial charge in [0.2, 0.25) is 0 Å². The number of carbonyl (C=O) groups excluding carboxylic acids is 1. The van der Waals surface area contributed by atoms with E-state index in [0.717, 1.165) is 0 Å². The fraction of sp³-hybridized carbons (Fsp3) is 0.200. The monoisotopic (exact) mass is 274 g/mol. The quantitative estimate of drug-likeness (QED) is 0.863. The molecule has 0 heterocycles. The van der Waals surface area contributed by atoms with E-state index >= 15 is 0 Å². The highest BCUT2D eigenvalue weighted by molar-refractivity contribution is 7.99. The van der Waals surface area contributed by atoms with Crippen LogP contribution in [0.4, 0.5) is 0 Å². The van der Waals surface area contributed by atoms with Gasteiger partial charge in [0.15, 0.2) is 5.37 Å². The van der Waals surface area contributed by atoms with E-state index in [9.17, 15) is 4.79 Å². The lowest BCUT2D eigenvalue weighted by atomic mass is 10.2. The van der Waals surface area contributed by atoms with Gasteiger partial charge in [-0.15, -0.1) is 11.8 Å². The van der Waals surface area contributed by atoms with E-state index in [-0.39, 0.29) is 15.6 Å². The molecule has 0 aliphatic heterocycles. The van der Waals surface area contributed by atoms with Crippen molar-refractivity contribution in [3.05, 3.63) is 33.8 Å². The summed E-state index contributed by atoms with van der Waals surface area (Å²) in [6.07, 6.45) is 1.72. The lowest BCUT2D eigenvalue weighted by Gasteiger charge is -2.10. The predicted octanol–water partition coefficient (Wildman–Crippen LogP) is 2.94. The van der Waals surface area contributed by atoms with E-state index in [1.54, 1.807) is 24.5 Å². The number of benzene rings is 1. The summed E-state index contributed by atoms with van der Waals surface area (Å²) >= 11 is 12.9. The fourth-order valence-electron chi connectivity index (χ4n) is 1.05. The highest BCUT2D eigenvalue weighted by Gasteiger charge is 2.17. The zero-order valence-electron chi connectivity index (χ0n) is 8.33. The Morgan fingerprint density at radius 3 is 2.50 bits per heavy atom. The van der Waals surface area contributed by atoms with Crippen molar-refractivity contribution in [2.45, 2.75) is 5.37 Å². The lowest BCUT2D eigenvalue weighted by molar-refractivity contribution is 0.0955. The zero-order chi connectivity index (χ0) is 12.1. The number of rotatable bonds is 3. The van der Waals surface area contributed by atoms with Crippen LogP contribution in [-0.2, 0) is 0 Å². The second-order valence-electron chi connectivity index (χ2n) is 2.81. The first-order chi connectivity index (χ1) is 7.60. The van der Waals surface area contributed by atoms with Crippen LogP contribution < -0.4 is 5.32 Å². The molecule has 16 heavy (non-hydrogen) atoms. The molecule has 0 spiro atoms. The third kappa shape index (κ3) is 3.05. The Kier molecular flexibility index (Phi) is 4.94. The van der Waals surface area contributed by atoms with Crippen molar-refractivity contribution in [1.82, 2.24) is 5.32 Å². The summed E-state index contributed by atoms with van der Waals surface area (Å²) in [7, 11) is 0. The molecular formula is C10H8Cl2N2OS. The summed E-state index contributed by atoms with van der Waals surface area (Å²) in [6, 6.07) is 6.73. The summed E-state index contributed by atoms with van der Waals surface area (Å²) in [5, 5.41) is 11.1. The van der Waals surface area contributed by atoms with Crippen LogP contribution in [0.1, 0.15) is 10.4 Å². The first-order valence-electron chi connectivity index (χ1n) is 4.27. The molecule has 0 saturated carbocycles. The average molecular weight is 275 g/mol. The maximum Gasteiger partial charge on any atom is 0.255 e. The molecule has 1 aromatic rings. The number of nitrogens with one attached hydrogen (secondary N) is 1. The van der Waals surface area contributed by atoms with Gasteiger partial charge in [-0.05, 0) is 18.4 Å². The smallest absolute Gasteiger partial charge is 0.255 e. The number of carbonyl (C=O) groups is 1. The van der Waals surface area contributed by atoms with Crippen LogP contribution in [0.2, 0.25) is 10.0 Å². The number of nitrogens with zero attached hydrogens (tertiary/aromatic N) is 1. The summed E-state index contributed by atoms with van der Waals surface area (Å²) in [6.45, 7) is 0. The minimum Gasteiger partial charge on any atom is -0.328 e. The van der Waals surface area contributed by atoms with Crippen molar-refractivity contribution in [1.29, 1.82) is 5.26 Å². The third-order valence-corrected chi connectivity index (χ3v) is 3.13. The highest BCUT2D eigenvalue weighted by Crippen LogP contribution is 2.24. The van der Waals surface area contributed by atoms with Crippen LogP contribution in [0.15, 0.2) is 18.2 Å². The minimum atomic E-state index is -0.611. The predicted molar refractivity (Wildman–Crippen MR) is 66.8 cm³/mol. The van der Waals surface area contributed by atoms with Crippen molar-refractivity contribution in [2.24, 2.45) is 0 Å². The molecule has 0 bridgehead atoms. The summed E-state index contributed by atoms with van der Waals surface area (Å²) in [5.41, 5.74) is 0.195. The Hall–Kier alpha value is -0.890. The Morgan fingerprint density at radius 2 is 2.06 bits per heavy atom. The van der Waals surface area contributed by atoms with E-state index in [0.29, 0.717) is 0 Å². The van der Waals surface area contributed by atoms with Crippen LogP contribution >= 0.6 is 35.0 Å². The number of hydrogen-bond donors (Lipinski definition) is 1. The van der Waals surface area contributed by atoms with Gasteiger partial charge in [0, 0.05) is 0 Å². The topological polar surface area (TPSA) is 52.9 Å². The minimum absolute atomic E-state index is 0.195. The first-order valence-corrected chi connectivity index (χ1v) is 6.31. The molecule has 1 unspecified atom stereocenters. The Morgan fingerprint density at radius 1 is 1.50 bits per heavy atom. The summed E-state index contributed by atoms with van der Waals surface area (Å²) < 4.78 is 0. The highest BCUT2D eigenvalue weighted by atomic mass is 35.5. The number of halogens is 2. The second-order valence-corrected chi connectivity index (χ2v) is 4.57. The van der Waals surface area contributed by atoms with Gasteiger partial charge in [0.25, 0.3) is 5.91 Å². The van der Waals surface area contributed by atoms with Gasteiger partial charge >= 0.3 is 0 Å². The number of amides is 1. The largest absolute Gasteiger partial charge is 0.328 e. The van der Waals surface area contributed by atoms with Gasteiger partial charge in [-0.3, -0.25) is 4.79 Å². The summed E-state index contributed by atoms with van der Waals surface area (Å²) in [4.78, 5) is 11.8. The van der Waals surface area contributed by atoms with E-state index in [4.69, 9.17) is 28.5 Å². The Bertz CT molecular complexity index is 425. The van der Waals surface area contributed by atoms with Crippen molar-refractivity contribution >= 4 is 40.9 Å². The van der Waals surface area contributed by atoms with Crippen LogP contribution in [0.25, 0.3) is 0 Å². The molecule has 0 fully saturated rings. The molecule has 1 amide bonds. The van der Waals surface area contributed by atoms with Crippen molar-refractivity contribution in [3.63, 3.8) is 0 Å². The maximum absolute atomic E-state index is 11.8. The molecule has 0 radical (unpaired) electrons. The van der Waals surface area contributed by atoms with E-state index in [2.05, 4.69) is 5.32 Å². The van der Waals surface area contributed by atoms with E-state index in [1.807, 2.05) is 6.07 Å². The first kappa shape index (κ1) is 13.2. The number of hydrogen-bond acceptors (Lipinski definition) is 3. The molecule has 0 aliphatic rings. The van der Waals surface area contributed by atoms with E-state index < -0.39 is 11.3 Å². The number of thioether (sulfide) groups is 1. The molecule has 0 aliphatic carbocycles. The molecule has 1 aromatic carbocycles. The lowest BCUT2D eigenvalue weighted by Crippen LogP contribution is -2.31. The van der Waals surface area contributed by atoms with Gasteiger partial charge in [0.1, 0.15) is 0 Å². The Balaban J connectivity index is 2.94. The third-order valence-electron chi connectivity index (χ3n) is 1.80. The van der Waals surface area contributed by atoms with Crippen LogP contribution in [-0.4, -0.2) is 17.5 Å². The second kappa shape index (κ2) is 6.00. The fourth-order valence-corrected chi connectivity index (χ4v) is 1.95. The molecule has 0 saturated heterocycles. The molecule has 1 rings (SSSR count). The van der Waals surface area contributed by atoms with Crippen molar-refractivity contribution in [3.8, 4) is 6.07 Å². The molecule has 1 N–H and O–H groups in total. The van der Waals surface area contributed by atoms with Crippen LogP contribution in [0.5, 0.6) is 0 Å². The van der Waals surface area contributed by atoms with Gasteiger partial charge in [0.05, 0.1) is 21.7 Å². The molecule has 84 valence electrons. The van der Waals surface area contributed by atoms with Gasteiger partial charge in [-0.2, -0.15) is 5.26 Å². The molecular weight excluding hydrogens is 267 g/mol. The van der Waals surface area contributed by atoms with Crippen LogP contribution in [0, 0.1) is 11.3 Å². The molecule has 3 nitrogen and oxygen atoms in total. The maximum atomic E-state index is 11.8. The molecule has 6 heteroatoms. The zero-order valence-corrected chi connectivity index (χ0v) is 10.7. The Labute approximate surface area is 108 Å². The summed E-state index contributed by atoms with van der Waals surface area (Å²) in [5.74, 6) is -0.448. The molecule has 1 atom stereocenters. The number of nitriles is 1. The van der Waals surface area contributed by atoms with Gasteiger partial charge in [-0.25, -0.2) is 0 Å². The van der Waals surface area contributed by atoms with Crippen molar-refractivity contribution in [2.75, 3.05) is 6.26 Å². The van der Waals surface area contributed by atoms with Gasteiger partial charge in [-0.1, -0.05) is 29.3 Å². The van der Waals surface area contributed by atoms with Crippen LogP contribution in [0.3, 0.4) is 0 Å². The van der Waals surface area contributed by atoms with Gasteiger partial charge < -0.3 is 5.32 Å². The van der Waals surface area contributed by atoms with Crippen molar-refractivity contribution < 1.29 is 4.79 Å². The van der Waals surface area contributed by atoms with E-state index in [1.165, 1.54) is 11.8 Å². The molecule has 0 aromatic heterocycles. The normalized spacial score (nSPS) is 11.6. The SMILES string of the molecule is CSC(C#N)NC(=O)c1c(Cl)cccc1Cl.